The molecule has 0 bridgehead atoms. The zero-order valence-electron chi connectivity index (χ0n) is 9.32. The minimum Gasteiger partial charge on any atom is -0.486 e. The SMILES string of the molecule is Cn1nnnc1COc1ccc(S(=O)(=O)Cl)cc1. The van der Waals surface area contributed by atoms with E-state index < -0.39 is 9.05 Å². The molecule has 0 aliphatic rings. The van der Waals surface area contributed by atoms with Crippen LogP contribution in [-0.2, 0) is 22.7 Å². The molecule has 9 heteroatoms. The Hall–Kier alpha value is -1.67. The van der Waals surface area contributed by atoms with Crippen LogP contribution in [-0.4, -0.2) is 28.6 Å². The second kappa shape index (κ2) is 4.91. The van der Waals surface area contributed by atoms with Gasteiger partial charge in [0, 0.05) is 17.7 Å². The zero-order valence-corrected chi connectivity index (χ0v) is 10.9. The summed E-state index contributed by atoms with van der Waals surface area (Å²) in [6.45, 7) is 0.191. The lowest BCUT2D eigenvalue weighted by molar-refractivity contribution is 0.289. The molecular formula is C9H9ClN4O3S. The van der Waals surface area contributed by atoms with E-state index in [0.29, 0.717) is 11.6 Å². The van der Waals surface area contributed by atoms with Crippen molar-refractivity contribution in [2.45, 2.75) is 11.5 Å². The van der Waals surface area contributed by atoms with Gasteiger partial charge < -0.3 is 4.74 Å². The number of aryl methyl sites for hydroxylation is 1. The number of aromatic nitrogens is 4. The summed E-state index contributed by atoms with van der Waals surface area (Å²) in [6.07, 6.45) is 0. The van der Waals surface area contributed by atoms with Gasteiger partial charge in [-0.05, 0) is 34.7 Å². The minimum absolute atomic E-state index is 0.0249. The van der Waals surface area contributed by atoms with Gasteiger partial charge in [-0.15, -0.1) is 5.10 Å². The first kappa shape index (κ1) is 12.8. The number of rotatable bonds is 4. The number of halogens is 1. The van der Waals surface area contributed by atoms with Gasteiger partial charge in [0.05, 0.1) is 4.90 Å². The van der Waals surface area contributed by atoms with Gasteiger partial charge >= 0.3 is 0 Å². The average Bonchev–Trinajstić information content (AvgIpc) is 2.72. The highest BCUT2D eigenvalue weighted by Gasteiger charge is 2.09. The maximum atomic E-state index is 11.0. The summed E-state index contributed by atoms with van der Waals surface area (Å²) in [6, 6.07) is 5.76. The maximum Gasteiger partial charge on any atom is 0.261 e. The van der Waals surface area contributed by atoms with E-state index in [1.165, 1.54) is 28.9 Å². The van der Waals surface area contributed by atoms with Gasteiger partial charge in [0.2, 0.25) is 0 Å². The van der Waals surface area contributed by atoms with Crippen LogP contribution < -0.4 is 4.74 Å². The van der Waals surface area contributed by atoms with Crippen molar-refractivity contribution in [1.29, 1.82) is 0 Å². The van der Waals surface area contributed by atoms with Gasteiger partial charge in [-0.3, -0.25) is 0 Å². The molecule has 96 valence electrons. The summed E-state index contributed by atoms with van der Waals surface area (Å²) in [4.78, 5) is 0.0249. The number of hydrogen-bond donors (Lipinski definition) is 0. The van der Waals surface area contributed by atoms with E-state index in [1.807, 2.05) is 0 Å². The van der Waals surface area contributed by atoms with Crippen LogP contribution in [0.25, 0.3) is 0 Å². The number of ether oxygens (including phenoxy) is 1. The first-order valence-corrected chi connectivity index (χ1v) is 7.16. The summed E-state index contributed by atoms with van der Waals surface area (Å²) in [5, 5.41) is 10.9. The summed E-state index contributed by atoms with van der Waals surface area (Å²) in [7, 11) is 3.18. The fourth-order valence-corrected chi connectivity index (χ4v) is 1.99. The highest BCUT2D eigenvalue weighted by atomic mass is 35.7. The van der Waals surface area contributed by atoms with Gasteiger partial charge in [0.1, 0.15) is 12.4 Å². The molecule has 2 rings (SSSR count). The van der Waals surface area contributed by atoms with Crippen LogP contribution in [0, 0.1) is 0 Å². The van der Waals surface area contributed by atoms with Crippen LogP contribution >= 0.6 is 10.7 Å². The van der Waals surface area contributed by atoms with Crippen molar-refractivity contribution in [3.05, 3.63) is 30.1 Å². The predicted octanol–water partition coefficient (Wildman–Crippen LogP) is 0.717. The fraction of sp³-hybridized carbons (Fsp3) is 0.222. The Morgan fingerprint density at radius 2 is 2.00 bits per heavy atom. The fourth-order valence-electron chi connectivity index (χ4n) is 1.22. The molecule has 18 heavy (non-hydrogen) atoms. The van der Waals surface area contributed by atoms with E-state index in [2.05, 4.69) is 15.5 Å². The molecule has 0 unspecified atom stereocenters. The number of benzene rings is 1. The van der Waals surface area contributed by atoms with E-state index >= 15 is 0 Å². The molecule has 0 saturated heterocycles. The predicted molar refractivity (Wildman–Crippen MR) is 62.6 cm³/mol. The Morgan fingerprint density at radius 3 is 2.50 bits per heavy atom. The molecule has 1 aromatic heterocycles. The molecule has 0 radical (unpaired) electrons. The van der Waals surface area contributed by atoms with Crippen molar-refractivity contribution in [2.24, 2.45) is 7.05 Å². The van der Waals surface area contributed by atoms with Crippen molar-refractivity contribution in [1.82, 2.24) is 20.2 Å². The Morgan fingerprint density at radius 1 is 1.33 bits per heavy atom. The number of hydrogen-bond acceptors (Lipinski definition) is 6. The first-order valence-electron chi connectivity index (χ1n) is 4.85. The highest BCUT2D eigenvalue weighted by Crippen LogP contribution is 2.19. The largest absolute Gasteiger partial charge is 0.486 e. The van der Waals surface area contributed by atoms with E-state index in [4.69, 9.17) is 15.4 Å². The summed E-state index contributed by atoms with van der Waals surface area (Å²) < 4.78 is 28.9. The second-order valence-corrected chi connectivity index (χ2v) is 5.98. The van der Waals surface area contributed by atoms with Crippen molar-refractivity contribution < 1.29 is 13.2 Å². The van der Waals surface area contributed by atoms with Crippen LogP contribution in [0.2, 0.25) is 0 Å². The van der Waals surface area contributed by atoms with Gasteiger partial charge in [0.15, 0.2) is 5.82 Å². The Kier molecular flexibility index (Phi) is 3.48. The molecule has 1 aromatic carbocycles. The van der Waals surface area contributed by atoms with Gasteiger partial charge in [0.25, 0.3) is 9.05 Å². The standard InChI is InChI=1S/C9H9ClN4O3S/c1-14-9(11-12-13-14)6-17-7-2-4-8(5-3-7)18(10,15)16/h2-5H,6H2,1H3. The zero-order chi connectivity index (χ0) is 13.2. The van der Waals surface area contributed by atoms with E-state index in [-0.39, 0.29) is 11.5 Å². The van der Waals surface area contributed by atoms with Crippen LogP contribution in [0.15, 0.2) is 29.2 Å². The third-order valence-electron chi connectivity index (χ3n) is 2.18. The topological polar surface area (TPSA) is 87.0 Å². The summed E-state index contributed by atoms with van der Waals surface area (Å²) >= 11 is 0. The summed E-state index contributed by atoms with van der Waals surface area (Å²) in [5.74, 6) is 1.06. The normalized spacial score (nSPS) is 11.4. The average molecular weight is 289 g/mol. The van der Waals surface area contributed by atoms with Crippen LogP contribution in [0.4, 0.5) is 0 Å². The van der Waals surface area contributed by atoms with E-state index in [1.54, 1.807) is 7.05 Å². The molecule has 0 amide bonds. The molecule has 2 aromatic rings. The third kappa shape index (κ3) is 2.96. The van der Waals surface area contributed by atoms with E-state index in [0.717, 1.165) is 0 Å². The lowest BCUT2D eigenvalue weighted by Gasteiger charge is -2.05. The highest BCUT2D eigenvalue weighted by molar-refractivity contribution is 8.13. The van der Waals surface area contributed by atoms with Crippen molar-refractivity contribution in [2.75, 3.05) is 0 Å². The molecule has 0 aliphatic heterocycles. The molecule has 0 aliphatic carbocycles. The van der Waals surface area contributed by atoms with Gasteiger partial charge in [-0.2, -0.15) is 0 Å². The molecule has 7 nitrogen and oxygen atoms in total. The quantitative estimate of drug-likeness (QED) is 0.770. The van der Waals surface area contributed by atoms with Crippen LogP contribution in [0.3, 0.4) is 0 Å². The number of nitrogens with zero attached hydrogens (tertiary/aromatic N) is 4. The molecule has 0 saturated carbocycles. The lowest BCUT2D eigenvalue weighted by Crippen LogP contribution is -2.04. The van der Waals surface area contributed by atoms with Crippen LogP contribution in [0.1, 0.15) is 5.82 Å². The van der Waals surface area contributed by atoms with Crippen molar-refractivity contribution in [3.63, 3.8) is 0 Å². The molecule has 0 fully saturated rings. The monoisotopic (exact) mass is 288 g/mol. The first-order chi connectivity index (χ1) is 8.47. The lowest BCUT2D eigenvalue weighted by atomic mass is 10.3. The Bertz CT molecular complexity index is 638. The molecule has 0 N–H and O–H groups in total. The van der Waals surface area contributed by atoms with E-state index in [9.17, 15) is 8.42 Å². The second-order valence-electron chi connectivity index (χ2n) is 3.42. The third-order valence-corrected chi connectivity index (χ3v) is 3.55. The maximum absolute atomic E-state index is 11.0. The molecule has 0 atom stereocenters. The smallest absolute Gasteiger partial charge is 0.261 e. The molecule has 0 spiro atoms. The Balaban J connectivity index is 2.05. The summed E-state index contributed by atoms with van der Waals surface area (Å²) in [5.41, 5.74) is 0. The van der Waals surface area contributed by atoms with Crippen molar-refractivity contribution in [3.8, 4) is 5.75 Å². The molecular weight excluding hydrogens is 280 g/mol. The van der Waals surface area contributed by atoms with Gasteiger partial charge in [-0.1, -0.05) is 0 Å². The molecule has 1 heterocycles. The minimum atomic E-state index is -3.70. The van der Waals surface area contributed by atoms with Crippen molar-refractivity contribution >= 4 is 19.7 Å². The van der Waals surface area contributed by atoms with Crippen LogP contribution in [0.5, 0.6) is 5.75 Å². The Labute approximate surface area is 108 Å². The number of tetrazole rings is 1. The van der Waals surface area contributed by atoms with Gasteiger partial charge in [-0.25, -0.2) is 13.1 Å².